The third-order valence-corrected chi connectivity index (χ3v) is 4.74. The minimum Gasteiger partial charge on any atom is -0.468 e. The van der Waals surface area contributed by atoms with Crippen LogP contribution in [0.5, 0.6) is 0 Å². The van der Waals surface area contributed by atoms with Crippen LogP contribution in [-0.4, -0.2) is 35.5 Å². The van der Waals surface area contributed by atoms with Crippen molar-refractivity contribution in [2.45, 2.75) is 39.9 Å². The van der Waals surface area contributed by atoms with Crippen molar-refractivity contribution < 1.29 is 4.42 Å². The standard InChI is InChI=1S/C15H26N2OS/c1-12(2)8-16-9-15-14(4-6-18-15)10-17-5-7-19-11-13(17)3/h4,6,12-13,16H,5,7-11H2,1-3H3. The summed E-state index contributed by atoms with van der Waals surface area (Å²) in [6, 6.07) is 2.80. The number of hydrogen-bond acceptors (Lipinski definition) is 4. The second-order valence-electron chi connectivity index (χ2n) is 5.79. The van der Waals surface area contributed by atoms with E-state index in [0.717, 1.165) is 25.4 Å². The van der Waals surface area contributed by atoms with Gasteiger partial charge in [-0.1, -0.05) is 13.8 Å². The first-order valence-electron chi connectivity index (χ1n) is 7.24. The Morgan fingerprint density at radius 2 is 2.37 bits per heavy atom. The molecule has 0 aliphatic carbocycles. The van der Waals surface area contributed by atoms with E-state index in [0.29, 0.717) is 12.0 Å². The highest BCUT2D eigenvalue weighted by Gasteiger charge is 2.20. The normalized spacial score (nSPS) is 21.2. The molecule has 0 spiro atoms. The van der Waals surface area contributed by atoms with E-state index >= 15 is 0 Å². The van der Waals surface area contributed by atoms with E-state index in [1.807, 2.05) is 6.26 Å². The highest BCUT2D eigenvalue weighted by atomic mass is 32.2. The highest BCUT2D eigenvalue weighted by Crippen LogP contribution is 2.20. The Kier molecular flexibility index (Phi) is 5.79. The maximum atomic E-state index is 5.63. The van der Waals surface area contributed by atoms with E-state index in [-0.39, 0.29) is 0 Å². The van der Waals surface area contributed by atoms with Gasteiger partial charge in [-0.05, 0) is 25.5 Å². The Balaban J connectivity index is 1.87. The van der Waals surface area contributed by atoms with Crippen LogP contribution in [0.1, 0.15) is 32.1 Å². The number of rotatable bonds is 6. The maximum Gasteiger partial charge on any atom is 0.122 e. The van der Waals surface area contributed by atoms with Crippen molar-refractivity contribution in [1.82, 2.24) is 10.2 Å². The molecule has 1 saturated heterocycles. The monoisotopic (exact) mass is 282 g/mol. The Hall–Kier alpha value is -0.450. The molecule has 19 heavy (non-hydrogen) atoms. The molecule has 1 aliphatic heterocycles. The predicted molar refractivity (Wildman–Crippen MR) is 82.4 cm³/mol. The lowest BCUT2D eigenvalue weighted by Gasteiger charge is -2.32. The van der Waals surface area contributed by atoms with Crippen molar-refractivity contribution in [3.8, 4) is 0 Å². The van der Waals surface area contributed by atoms with Crippen molar-refractivity contribution >= 4 is 11.8 Å². The molecule has 108 valence electrons. The van der Waals surface area contributed by atoms with Gasteiger partial charge in [0.15, 0.2) is 0 Å². The lowest BCUT2D eigenvalue weighted by atomic mass is 10.2. The van der Waals surface area contributed by atoms with Crippen molar-refractivity contribution in [3.05, 3.63) is 23.7 Å². The molecule has 1 aromatic rings. The van der Waals surface area contributed by atoms with Gasteiger partial charge in [0.2, 0.25) is 0 Å². The molecule has 4 heteroatoms. The molecule has 0 radical (unpaired) electrons. The van der Waals surface area contributed by atoms with Crippen molar-refractivity contribution in [2.24, 2.45) is 5.92 Å². The maximum absolute atomic E-state index is 5.63. The molecule has 1 atom stereocenters. The van der Waals surface area contributed by atoms with Gasteiger partial charge >= 0.3 is 0 Å². The molecule has 1 N–H and O–H groups in total. The van der Waals surface area contributed by atoms with E-state index in [2.05, 4.69) is 48.8 Å². The second kappa shape index (κ2) is 7.36. The average molecular weight is 282 g/mol. The van der Waals surface area contributed by atoms with Crippen LogP contribution in [0.4, 0.5) is 0 Å². The zero-order valence-electron chi connectivity index (χ0n) is 12.3. The van der Waals surface area contributed by atoms with Crippen LogP contribution in [0.2, 0.25) is 0 Å². The van der Waals surface area contributed by atoms with Gasteiger partial charge in [0.25, 0.3) is 0 Å². The van der Waals surface area contributed by atoms with Gasteiger partial charge < -0.3 is 9.73 Å². The van der Waals surface area contributed by atoms with Crippen LogP contribution in [0.25, 0.3) is 0 Å². The molecule has 0 aromatic carbocycles. The molecule has 0 bridgehead atoms. The molecule has 2 heterocycles. The smallest absolute Gasteiger partial charge is 0.122 e. The van der Waals surface area contributed by atoms with E-state index in [1.165, 1.54) is 23.6 Å². The number of furan rings is 1. The lowest BCUT2D eigenvalue weighted by molar-refractivity contribution is 0.222. The minimum atomic E-state index is 0.671. The molecular weight excluding hydrogens is 256 g/mol. The first-order valence-corrected chi connectivity index (χ1v) is 8.40. The summed E-state index contributed by atoms with van der Waals surface area (Å²) in [5.74, 6) is 4.28. The van der Waals surface area contributed by atoms with Crippen molar-refractivity contribution in [1.29, 1.82) is 0 Å². The highest BCUT2D eigenvalue weighted by molar-refractivity contribution is 7.99. The molecular formula is C15H26N2OS. The number of nitrogens with zero attached hydrogens (tertiary/aromatic N) is 1. The van der Waals surface area contributed by atoms with Crippen LogP contribution < -0.4 is 5.32 Å². The Labute approximate surface area is 121 Å². The summed E-state index contributed by atoms with van der Waals surface area (Å²) in [6.07, 6.45) is 1.82. The van der Waals surface area contributed by atoms with E-state index < -0.39 is 0 Å². The van der Waals surface area contributed by atoms with Crippen LogP contribution >= 0.6 is 11.8 Å². The number of thioether (sulfide) groups is 1. The molecule has 0 amide bonds. The average Bonchev–Trinajstić information content (AvgIpc) is 2.79. The van der Waals surface area contributed by atoms with Crippen LogP contribution in [-0.2, 0) is 13.1 Å². The summed E-state index contributed by atoms with van der Waals surface area (Å²) in [4.78, 5) is 2.56. The number of nitrogens with one attached hydrogen (secondary N) is 1. The first kappa shape index (κ1) is 14.9. The second-order valence-corrected chi connectivity index (χ2v) is 6.94. The summed E-state index contributed by atoms with van der Waals surface area (Å²) in [6.45, 7) is 10.9. The third kappa shape index (κ3) is 4.55. The van der Waals surface area contributed by atoms with Gasteiger partial charge in [-0.2, -0.15) is 11.8 Å². The molecule has 1 fully saturated rings. The van der Waals surface area contributed by atoms with E-state index in [9.17, 15) is 0 Å². The molecule has 1 aromatic heterocycles. The molecule has 1 unspecified atom stereocenters. The van der Waals surface area contributed by atoms with Crippen LogP contribution in [0.3, 0.4) is 0 Å². The summed E-state index contributed by atoms with van der Waals surface area (Å²) < 4.78 is 5.63. The zero-order chi connectivity index (χ0) is 13.7. The lowest BCUT2D eigenvalue weighted by Crippen LogP contribution is -2.39. The van der Waals surface area contributed by atoms with Crippen LogP contribution in [0, 0.1) is 5.92 Å². The quantitative estimate of drug-likeness (QED) is 0.868. The molecule has 0 saturated carbocycles. The summed E-state index contributed by atoms with van der Waals surface area (Å²) in [5.41, 5.74) is 1.34. The fraction of sp³-hybridized carbons (Fsp3) is 0.733. The van der Waals surface area contributed by atoms with E-state index in [1.54, 1.807) is 0 Å². The SMILES string of the molecule is CC(C)CNCc1occc1CN1CCSCC1C. The fourth-order valence-electron chi connectivity index (χ4n) is 2.35. The predicted octanol–water partition coefficient (Wildman–Crippen LogP) is 2.96. The molecule has 1 aliphatic rings. The summed E-state index contributed by atoms with van der Waals surface area (Å²) in [7, 11) is 0. The van der Waals surface area contributed by atoms with Gasteiger partial charge in [-0.3, -0.25) is 4.90 Å². The molecule has 3 nitrogen and oxygen atoms in total. The van der Waals surface area contributed by atoms with Gasteiger partial charge in [0.1, 0.15) is 5.76 Å². The van der Waals surface area contributed by atoms with Crippen molar-refractivity contribution in [3.63, 3.8) is 0 Å². The Bertz CT molecular complexity index is 378. The summed E-state index contributed by atoms with van der Waals surface area (Å²) >= 11 is 2.06. The summed E-state index contributed by atoms with van der Waals surface area (Å²) in [5, 5.41) is 3.46. The van der Waals surface area contributed by atoms with Gasteiger partial charge in [0.05, 0.1) is 12.8 Å². The minimum absolute atomic E-state index is 0.671. The Morgan fingerprint density at radius 3 is 3.11 bits per heavy atom. The fourth-order valence-corrected chi connectivity index (χ4v) is 3.43. The zero-order valence-corrected chi connectivity index (χ0v) is 13.1. The van der Waals surface area contributed by atoms with Gasteiger partial charge in [0, 0.05) is 36.2 Å². The largest absolute Gasteiger partial charge is 0.468 e. The first-order chi connectivity index (χ1) is 9.16. The molecule has 2 rings (SSSR count). The van der Waals surface area contributed by atoms with E-state index in [4.69, 9.17) is 4.42 Å². The topological polar surface area (TPSA) is 28.4 Å². The van der Waals surface area contributed by atoms with Gasteiger partial charge in [-0.15, -0.1) is 0 Å². The van der Waals surface area contributed by atoms with Gasteiger partial charge in [-0.25, -0.2) is 0 Å². The van der Waals surface area contributed by atoms with Crippen molar-refractivity contribution in [2.75, 3.05) is 24.6 Å². The number of hydrogen-bond donors (Lipinski definition) is 1. The van der Waals surface area contributed by atoms with Crippen LogP contribution in [0.15, 0.2) is 16.7 Å². The third-order valence-electron chi connectivity index (χ3n) is 3.55. The Morgan fingerprint density at radius 1 is 1.53 bits per heavy atom.